The zero-order valence-electron chi connectivity index (χ0n) is 9.71. The summed E-state index contributed by atoms with van der Waals surface area (Å²) >= 11 is 11.3. The van der Waals surface area contributed by atoms with Gasteiger partial charge in [-0.3, -0.25) is 4.72 Å². The number of anilines is 1. The molecule has 0 unspecified atom stereocenters. The Hall–Kier alpha value is -1.88. The summed E-state index contributed by atoms with van der Waals surface area (Å²) < 4.78 is 26.5. The molecule has 0 aliphatic carbocycles. The molecule has 102 valence electrons. The van der Waals surface area contributed by atoms with Gasteiger partial charge in [0, 0.05) is 5.02 Å². The maximum absolute atomic E-state index is 12.1. The lowest BCUT2D eigenvalue weighted by Gasteiger charge is -2.09. The lowest BCUT2D eigenvalue weighted by molar-refractivity contribution is 0.600. The highest BCUT2D eigenvalue weighted by molar-refractivity contribution is 7.92. The van der Waals surface area contributed by atoms with Gasteiger partial charge in [0.1, 0.15) is 11.0 Å². The Morgan fingerprint density at radius 1 is 1.20 bits per heavy atom. The predicted octanol–water partition coefficient (Wildman–Crippen LogP) is 2.46. The molecule has 0 amide bonds. The maximum Gasteiger partial charge on any atom is 0.265 e. The van der Waals surface area contributed by atoms with Gasteiger partial charge in [-0.15, -0.1) is 0 Å². The second-order valence-corrected chi connectivity index (χ2v) is 6.05. The van der Waals surface area contributed by atoms with Crippen LogP contribution in [0.15, 0.2) is 35.5 Å². The van der Waals surface area contributed by atoms with Gasteiger partial charge in [0.25, 0.3) is 10.0 Å². The molecule has 9 heteroatoms. The molecule has 0 fully saturated rings. The van der Waals surface area contributed by atoms with E-state index >= 15 is 0 Å². The molecule has 0 saturated heterocycles. The van der Waals surface area contributed by atoms with Crippen molar-refractivity contribution in [2.45, 2.75) is 4.90 Å². The quantitative estimate of drug-likeness (QED) is 0.873. The highest BCUT2D eigenvalue weighted by Gasteiger charge is 2.17. The number of nitrogens with one attached hydrogen (secondary N) is 1. The average Bonchev–Trinajstić information content (AvgIpc) is 2.39. The van der Waals surface area contributed by atoms with Crippen molar-refractivity contribution < 1.29 is 8.42 Å². The van der Waals surface area contributed by atoms with Crippen molar-refractivity contribution in [3.8, 4) is 6.07 Å². The van der Waals surface area contributed by atoms with Gasteiger partial charge >= 0.3 is 0 Å². The first-order valence-corrected chi connectivity index (χ1v) is 7.36. The summed E-state index contributed by atoms with van der Waals surface area (Å²) in [6, 6.07) is 6.11. The van der Waals surface area contributed by atoms with E-state index in [9.17, 15) is 8.42 Å². The number of rotatable bonds is 3. The number of hydrogen-bond acceptors (Lipinski definition) is 5. The molecular weight excluding hydrogens is 323 g/mol. The number of aromatic nitrogens is 2. The minimum absolute atomic E-state index is 0.0654. The molecule has 2 rings (SSSR count). The van der Waals surface area contributed by atoms with Crippen LogP contribution in [0.2, 0.25) is 10.3 Å². The molecule has 1 N–H and O–H groups in total. The topological polar surface area (TPSA) is 95.7 Å². The van der Waals surface area contributed by atoms with Crippen molar-refractivity contribution in [1.82, 2.24) is 9.97 Å². The number of hydrogen-bond donors (Lipinski definition) is 1. The zero-order valence-corrected chi connectivity index (χ0v) is 12.0. The molecule has 1 aromatic carbocycles. The normalized spacial score (nSPS) is 10.8. The Kier molecular flexibility index (Phi) is 4.09. The van der Waals surface area contributed by atoms with E-state index in [4.69, 9.17) is 28.5 Å². The van der Waals surface area contributed by atoms with E-state index in [1.165, 1.54) is 18.2 Å². The summed E-state index contributed by atoms with van der Waals surface area (Å²) in [5, 5.41) is 9.18. The maximum atomic E-state index is 12.1. The minimum atomic E-state index is -3.92. The fraction of sp³-hybridized carbons (Fsp3) is 0. The van der Waals surface area contributed by atoms with Gasteiger partial charge in [-0.25, -0.2) is 18.4 Å². The molecule has 20 heavy (non-hydrogen) atoms. The highest BCUT2D eigenvalue weighted by Crippen LogP contribution is 2.23. The molecule has 1 aromatic heterocycles. The van der Waals surface area contributed by atoms with Crippen LogP contribution in [0.4, 0.5) is 5.69 Å². The van der Waals surface area contributed by atoms with Crippen molar-refractivity contribution in [3.63, 3.8) is 0 Å². The van der Waals surface area contributed by atoms with Crippen LogP contribution in [0, 0.1) is 11.3 Å². The fourth-order valence-corrected chi connectivity index (χ4v) is 2.57. The van der Waals surface area contributed by atoms with Gasteiger partial charge in [-0.05, 0) is 29.8 Å². The Labute approximate surface area is 125 Å². The molecule has 2 aromatic rings. The molecule has 0 aliphatic rings. The standard InChI is InChI=1S/C11H6Cl2N4O2S/c12-8-2-1-7(4-14)10(3-8)17-20(18,19)9-5-15-11(13)16-6-9/h1-3,5-6,17H. The Balaban J connectivity index is 2.41. The third-order valence-electron chi connectivity index (χ3n) is 2.25. The molecule has 0 aliphatic heterocycles. The third-order valence-corrected chi connectivity index (χ3v) is 4.00. The first kappa shape index (κ1) is 14.5. The largest absolute Gasteiger partial charge is 0.278 e. The predicted molar refractivity (Wildman–Crippen MR) is 74.0 cm³/mol. The van der Waals surface area contributed by atoms with Gasteiger partial charge in [-0.1, -0.05) is 11.6 Å². The third kappa shape index (κ3) is 3.17. The van der Waals surface area contributed by atoms with Crippen LogP contribution in [0.5, 0.6) is 0 Å². The van der Waals surface area contributed by atoms with E-state index in [-0.39, 0.29) is 21.4 Å². The van der Waals surface area contributed by atoms with Crippen molar-refractivity contribution in [2.75, 3.05) is 4.72 Å². The van der Waals surface area contributed by atoms with Gasteiger partial charge in [-0.2, -0.15) is 5.26 Å². The van der Waals surface area contributed by atoms with Crippen LogP contribution >= 0.6 is 23.2 Å². The number of halogens is 2. The summed E-state index contributed by atoms with van der Waals surface area (Å²) in [5.41, 5.74) is 0.225. The van der Waals surface area contributed by atoms with Gasteiger partial charge in [0.2, 0.25) is 5.28 Å². The second kappa shape index (κ2) is 5.63. The smallest absolute Gasteiger partial charge is 0.265 e. The monoisotopic (exact) mass is 328 g/mol. The van der Waals surface area contributed by atoms with Crippen LogP contribution in [0.3, 0.4) is 0 Å². The first-order chi connectivity index (χ1) is 9.42. The molecular formula is C11H6Cl2N4O2S. The molecule has 0 atom stereocenters. The van der Waals surface area contributed by atoms with Crippen LogP contribution in [0.25, 0.3) is 0 Å². The lowest BCUT2D eigenvalue weighted by atomic mass is 10.2. The van der Waals surface area contributed by atoms with Gasteiger partial charge < -0.3 is 0 Å². The van der Waals surface area contributed by atoms with Crippen LogP contribution < -0.4 is 4.72 Å². The SMILES string of the molecule is N#Cc1ccc(Cl)cc1NS(=O)(=O)c1cnc(Cl)nc1. The second-order valence-electron chi connectivity index (χ2n) is 3.60. The summed E-state index contributed by atoms with van der Waals surface area (Å²) in [6.45, 7) is 0. The molecule has 0 bridgehead atoms. The number of nitriles is 1. The number of benzene rings is 1. The molecule has 0 saturated carbocycles. The average molecular weight is 329 g/mol. The molecule has 0 spiro atoms. The molecule has 0 radical (unpaired) electrons. The van der Waals surface area contributed by atoms with E-state index < -0.39 is 10.0 Å². The van der Waals surface area contributed by atoms with Gasteiger partial charge in [0.15, 0.2) is 0 Å². The van der Waals surface area contributed by atoms with Gasteiger partial charge in [0.05, 0.1) is 23.6 Å². The Morgan fingerprint density at radius 3 is 2.45 bits per heavy atom. The first-order valence-electron chi connectivity index (χ1n) is 5.12. The van der Waals surface area contributed by atoms with Crippen LogP contribution in [-0.4, -0.2) is 18.4 Å². The van der Waals surface area contributed by atoms with E-state index in [1.807, 2.05) is 6.07 Å². The zero-order chi connectivity index (χ0) is 14.8. The molecule has 6 nitrogen and oxygen atoms in total. The van der Waals surface area contributed by atoms with E-state index in [0.717, 1.165) is 12.4 Å². The molecule has 1 heterocycles. The van der Waals surface area contributed by atoms with Crippen molar-refractivity contribution in [2.24, 2.45) is 0 Å². The van der Waals surface area contributed by atoms with Crippen LogP contribution in [-0.2, 0) is 10.0 Å². The summed E-state index contributed by atoms with van der Waals surface area (Å²) in [4.78, 5) is 7.01. The summed E-state index contributed by atoms with van der Waals surface area (Å²) in [5.74, 6) is 0. The van der Waals surface area contributed by atoms with Crippen molar-refractivity contribution >= 4 is 38.9 Å². The van der Waals surface area contributed by atoms with E-state index in [0.29, 0.717) is 5.02 Å². The highest BCUT2D eigenvalue weighted by atomic mass is 35.5. The summed E-state index contributed by atoms with van der Waals surface area (Å²) in [6.07, 6.45) is 2.13. The van der Waals surface area contributed by atoms with E-state index in [1.54, 1.807) is 0 Å². The summed E-state index contributed by atoms with van der Waals surface area (Å²) in [7, 11) is -3.92. The Bertz CT molecular complexity index is 785. The van der Waals surface area contributed by atoms with Crippen LogP contribution in [0.1, 0.15) is 5.56 Å². The fourth-order valence-electron chi connectivity index (χ4n) is 1.34. The number of nitrogens with zero attached hydrogens (tertiary/aromatic N) is 3. The van der Waals surface area contributed by atoms with Crippen molar-refractivity contribution in [3.05, 3.63) is 46.5 Å². The Morgan fingerprint density at radius 2 is 1.85 bits per heavy atom. The van der Waals surface area contributed by atoms with Crippen molar-refractivity contribution in [1.29, 1.82) is 5.26 Å². The van der Waals surface area contributed by atoms with E-state index in [2.05, 4.69) is 14.7 Å². The number of sulfonamides is 1. The minimum Gasteiger partial charge on any atom is -0.278 e. The lowest BCUT2D eigenvalue weighted by Crippen LogP contribution is -2.14.